The van der Waals surface area contributed by atoms with Crippen LogP contribution in [-0.4, -0.2) is 57.3 Å². The van der Waals surface area contributed by atoms with Crippen LogP contribution in [0.25, 0.3) is 22.2 Å². The Bertz CT molecular complexity index is 1400. The zero-order valence-electron chi connectivity index (χ0n) is 20.3. The zero-order chi connectivity index (χ0) is 24.6. The van der Waals surface area contributed by atoms with E-state index < -0.39 is 0 Å². The highest BCUT2D eigenvalue weighted by molar-refractivity contribution is 6.33. The van der Waals surface area contributed by atoms with Crippen molar-refractivity contribution >= 4 is 34.1 Å². The molecule has 7 nitrogen and oxygen atoms in total. The predicted molar refractivity (Wildman–Crippen MR) is 143 cm³/mol. The molecule has 1 aliphatic carbocycles. The van der Waals surface area contributed by atoms with Crippen LogP contribution >= 0.6 is 11.6 Å². The fourth-order valence-electron chi connectivity index (χ4n) is 5.03. The summed E-state index contributed by atoms with van der Waals surface area (Å²) < 4.78 is 6.38. The first-order valence-corrected chi connectivity index (χ1v) is 13.0. The molecule has 1 atom stereocenters. The molecule has 3 heterocycles. The molecule has 2 aromatic carbocycles. The standard InChI is InChI=1S/C28H30ClN5O2/c1-17-2-5-23-24(14-30-26(23)10-17)27-25(29)15-31-28(33-27)32-20-11-19(18-3-4-18)12-22(13-20)36-21-6-7-34(16-21)8-9-35/h2,5,10-15,18,21,30,35H,3-4,6-9,16H2,1H3,(H,31,32,33). The van der Waals surface area contributed by atoms with Crippen molar-refractivity contribution in [3.8, 4) is 17.0 Å². The third kappa shape index (κ3) is 4.91. The molecule has 2 aliphatic rings. The van der Waals surface area contributed by atoms with Gasteiger partial charge in [0.1, 0.15) is 11.9 Å². The number of H-pyrrole nitrogens is 1. The van der Waals surface area contributed by atoms with Gasteiger partial charge in [0.15, 0.2) is 0 Å². The molecule has 36 heavy (non-hydrogen) atoms. The number of aromatic amines is 1. The molecule has 1 unspecified atom stereocenters. The Hall–Kier alpha value is -3.13. The second-order valence-electron chi connectivity index (χ2n) is 9.88. The first-order chi connectivity index (χ1) is 17.6. The van der Waals surface area contributed by atoms with E-state index >= 15 is 0 Å². The number of likely N-dealkylation sites (tertiary alicyclic amines) is 1. The van der Waals surface area contributed by atoms with Crippen molar-refractivity contribution in [1.29, 1.82) is 0 Å². The highest BCUT2D eigenvalue weighted by Gasteiger charge is 2.27. The number of β-amino-alcohol motifs (C(OH)–C–C–N with tert-alkyl or cyclic N) is 1. The molecule has 1 saturated carbocycles. The van der Waals surface area contributed by atoms with Crippen LogP contribution in [0.3, 0.4) is 0 Å². The number of aromatic nitrogens is 3. The quantitative estimate of drug-likeness (QED) is 0.288. The number of aliphatic hydroxyl groups is 1. The van der Waals surface area contributed by atoms with Crippen LogP contribution in [0.5, 0.6) is 5.75 Å². The maximum Gasteiger partial charge on any atom is 0.227 e. The zero-order valence-corrected chi connectivity index (χ0v) is 21.1. The molecule has 0 radical (unpaired) electrons. The Morgan fingerprint density at radius 2 is 2.08 bits per heavy atom. The molecule has 0 bridgehead atoms. The molecule has 0 spiro atoms. The van der Waals surface area contributed by atoms with Gasteiger partial charge in [0, 0.05) is 54.1 Å². The Kier molecular flexibility index (Phi) is 6.29. The molecule has 8 heteroatoms. The van der Waals surface area contributed by atoms with Crippen LogP contribution in [0.2, 0.25) is 5.02 Å². The summed E-state index contributed by atoms with van der Waals surface area (Å²) in [5.74, 6) is 1.93. The summed E-state index contributed by atoms with van der Waals surface area (Å²) in [7, 11) is 0. The van der Waals surface area contributed by atoms with Gasteiger partial charge in [0.2, 0.25) is 5.95 Å². The highest BCUT2D eigenvalue weighted by Crippen LogP contribution is 2.43. The molecule has 3 N–H and O–H groups in total. The minimum Gasteiger partial charge on any atom is -0.489 e. The Morgan fingerprint density at radius 3 is 2.92 bits per heavy atom. The van der Waals surface area contributed by atoms with E-state index in [1.165, 1.54) is 24.0 Å². The number of aliphatic hydroxyl groups excluding tert-OH is 1. The lowest BCUT2D eigenvalue weighted by Gasteiger charge is -2.17. The topological polar surface area (TPSA) is 86.3 Å². The average Bonchev–Trinajstić information content (AvgIpc) is 3.50. The van der Waals surface area contributed by atoms with E-state index in [1.807, 2.05) is 12.3 Å². The van der Waals surface area contributed by atoms with E-state index in [2.05, 4.69) is 57.4 Å². The number of nitrogens with zero attached hydrogens (tertiary/aromatic N) is 3. The molecule has 1 saturated heterocycles. The number of ether oxygens (including phenoxy) is 1. The monoisotopic (exact) mass is 503 g/mol. The van der Waals surface area contributed by atoms with E-state index in [4.69, 9.17) is 21.3 Å². The van der Waals surface area contributed by atoms with Crippen molar-refractivity contribution in [1.82, 2.24) is 19.9 Å². The molecular weight excluding hydrogens is 474 g/mol. The van der Waals surface area contributed by atoms with Gasteiger partial charge in [-0.3, -0.25) is 4.90 Å². The molecule has 2 aromatic heterocycles. The lowest BCUT2D eigenvalue weighted by atomic mass is 10.1. The number of hydrogen-bond acceptors (Lipinski definition) is 6. The molecule has 186 valence electrons. The summed E-state index contributed by atoms with van der Waals surface area (Å²) in [6.07, 6.45) is 7.10. The van der Waals surface area contributed by atoms with Crippen molar-refractivity contribution in [3.63, 3.8) is 0 Å². The molecular formula is C28H30ClN5O2. The Balaban J connectivity index is 1.27. The summed E-state index contributed by atoms with van der Waals surface area (Å²) in [5.41, 5.74) is 6.07. The molecule has 4 aromatic rings. The lowest BCUT2D eigenvalue weighted by molar-refractivity contribution is 0.181. The van der Waals surface area contributed by atoms with E-state index in [0.29, 0.717) is 29.1 Å². The van der Waals surface area contributed by atoms with Gasteiger partial charge in [-0.15, -0.1) is 0 Å². The van der Waals surface area contributed by atoms with E-state index in [-0.39, 0.29) is 12.7 Å². The first kappa shape index (κ1) is 23.3. The SMILES string of the molecule is Cc1ccc2c(-c3nc(Nc4cc(OC5CCN(CCO)C5)cc(C5CC5)c4)ncc3Cl)c[nH]c2c1. The third-order valence-electron chi connectivity index (χ3n) is 7.02. The van der Waals surface area contributed by atoms with Crippen molar-refractivity contribution < 1.29 is 9.84 Å². The van der Waals surface area contributed by atoms with Gasteiger partial charge in [-0.05, 0) is 61.4 Å². The second-order valence-corrected chi connectivity index (χ2v) is 10.3. The van der Waals surface area contributed by atoms with Crippen molar-refractivity contribution in [2.24, 2.45) is 0 Å². The highest BCUT2D eigenvalue weighted by atomic mass is 35.5. The summed E-state index contributed by atoms with van der Waals surface area (Å²) in [6.45, 7) is 4.74. The number of aryl methyl sites for hydroxylation is 1. The van der Waals surface area contributed by atoms with Crippen LogP contribution in [0, 0.1) is 6.92 Å². The predicted octanol–water partition coefficient (Wildman–Crippen LogP) is 5.65. The van der Waals surface area contributed by atoms with Crippen molar-refractivity contribution in [3.05, 3.63) is 64.9 Å². The molecule has 0 amide bonds. The number of anilines is 2. The number of fused-ring (bicyclic) bond motifs is 1. The minimum absolute atomic E-state index is 0.128. The van der Waals surface area contributed by atoms with E-state index in [1.54, 1.807) is 6.20 Å². The summed E-state index contributed by atoms with van der Waals surface area (Å²) in [5, 5.41) is 14.2. The smallest absolute Gasteiger partial charge is 0.227 e. The first-order valence-electron chi connectivity index (χ1n) is 12.6. The fourth-order valence-corrected chi connectivity index (χ4v) is 5.22. The van der Waals surface area contributed by atoms with Gasteiger partial charge in [-0.2, -0.15) is 0 Å². The van der Waals surface area contributed by atoms with Gasteiger partial charge < -0.3 is 20.1 Å². The average molecular weight is 504 g/mol. The van der Waals surface area contributed by atoms with Gasteiger partial charge in [0.25, 0.3) is 0 Å². The minimum atomic E-state index is 0.128. The summed E-state index contributed by atoms with van der Waals surface area (Å²) in [6, 6.07) is 12.7. The maximum absolute atomic E-state index is 9.23. The summed E-state index contributed by atoms with van der Waals surface area (Å²) in [4.78, 5) is 14.8. The van der Waals surface area contributed by atoms with E-state index in [9.17, 15) is 5.11 Å². The molecule has 1 aliphatic heterocycles. The number of hydrogen-bond donors (Lipinski definition) is 3. The van der Waals surface area contributed by atoms with Gasteiger partial charge in [-0.25, -0.2) is 9.97 Å². The van der Waals surface area contributed by atoms with Crippen LogP contribution in [0.4, 0.5) is 11.6 Å². The lowest BCUT2D eigenvalue weighted by Crippen LogP contribution is -2.27. The number of halogens is 1. The van der Waals surface area contributed by atoms with Crippen molar-refractivity contribution in [2.45, 2.75) is 38.2 Å². The normalized spacial score (nSPS) is 18.1. The van der Waals surface area contributed by atoms with Crippen molar-refractivity contribution in [2.75, 3.05) is 31.6 Å². The summed E-state index contributed by atoms with van der Waals surface area (Å²) >= 11 is 6.55. The van der Waals surface area contributed by atoms with Crippen LogP contribution < -0.4 is 10.1 Å². The van der Waals surface area contributed by atoms with E-state index in [0.717, 1.165) is 47.4 Å². The van der Waals surface area contributed by atoms with Crippen LogP contribution in [-0.2, 0) is 0 Å². The van der Waals surface area contributed by atoms with Gasteiger partial charge in [0.05, 0.1) is 23.5 Å². The Morgan fingerprint density at radius 1 is 1.19 bits per heavy atom. The Labute approximate surface area is 215 Å². The molecule has 6 rings (SSSR count). The fraction of sp³-hybridized carbons (Fsp3) is 0.357. The largest absolute Gasteiger partial charge is 0.489 e. The van der Waals surface area contributed by atoms with Gasteiger partial charge >= 0.3 is 0 Å². The van der Waals surface area contributed by atoms with Crippen LogP contribution in [0.1, 0.15) is 36.3 Å². The number of rotatable bonds is 8. The molecule has 2 fully saturated rings. The number of benzene rings is 2. The third-order valence-corrected chi connectivity index (χ3v) is 7.29. The maximum atomic E-state index is 9.23. The van der Waals surface area contributed by atoms with Crippen LogP contribution in [0.15, 0.2) is 48.8 Å². The van der Waals surface area contributed by atoms with Gasteiger partial charge in [-0.1, -0.05) is 23.7 Å². The number of nitrogens with one attached hydrogen (secondary N) is 2. The second kappa shape index (κ2) is 9.73.